The molecule has 0 radical (unpaired) electrons. The van der Waals surface area contributed by atoms with Gasteiger partial charge in [0.15, 0.2) is 0 Å². The second-order valence-electron chi connectivity index (χ2n) is 7.76. The second kappa shape index (κ2) is 5.15. The number of hydrogen-bond donors (Lipinski definition) is 0. The van der Waals surface area contributed by atoms with E-state index in [1.165, 1.54) is 36.8 Å². The van der Waals surface area contributed by atoms with Gasteiger partial charge in [0.05, 0.1) is 5.41 Å². The first-order chi connectivity index (χ1) is 9.92. The van der Waals surface area contributed by atoms with E-state index in [1.54, 1.807) is 0 Å². The maximum atomic E-state index is 12.2. The monoisotopic (exact) mass is 286 g/mol. The van der Waals surface area contributed by atoms with Crippen molar-refractivity contribution in [3.63, 3.8) is 0 Å². The molecule has 0 N–H and O–H groups in total. The van der Waals surface area contributed by atoms with Gasteiger partial charge in [0.2, 0.25) is 0 Å². The summed E-state index contributed by atoms with van der Waals surface area (Å²) in [4.78, 5) is 12.2. The van der Waals surface area contributed by atoms with Crippen LogP contribution in [0.15, 0.2) is 24.3 Å². The molecule has 2 aliphatic carbocycles. The Morgan fingerprint density at radius 1 is 1.14 bits per heavy atom. The van der Waals surface area contributed by atoms with Crippen LogP contribution < -0.4 is 0 Å². The smallest absolute Gasteiger partial charge is 0.311 e. The molecule has 0 saturated heterocycles. The van der Waals surface area contributed by atoms with E-state index in [9.17, 15) is 4.79 Å². The lowest BCUT2D eigenvalue weighted by molar-refractivity contribution is -0.160. The molecule has 0 aromatic heterocycles. The van der Waals surface area contributed by atoms with E-state index >= 15 is 0 Å². The third kappa shape index (κ3) is 2.61. The molecule has 2 nitrogen and oxygen atoms in total. The fraction of sp³-hybridized carbons (Fsp3) is 0.632. The molecule has 0 bridgehead atoms. The first-order valence-corrected chi connectivity index (χ1v) is 8.23. The highest BCUT2D eigenvalue weighted by atomic mass is 16.5. The van der Waals surface area contributed by atoms with Crippen molar-refractivity contribution < 1.29 is 9.53 Å². The van der Waals surface area contributed by atoms with Gasteiger partial charge < -0.3 is 4.74 Å². The fourth-order valence-electron chi connectivity index (χ4n) is 3.96. The van der Waals surface area contributed by atoms with Crippen molar-refractivity contribution in [2.24, 2.45) is 5.41 Å². The van der Waals surface area contributed by atoms with Crippen LogP contribution in [-0.2, 0) is 14.9 Å². The van der Waals surface area contributed by atoms with E-state index in [-0.39, 0.29) is 12.1 Å². The average Bonchev–Trinajstić information content (AvgIpc) is 2.91. The Kier molecular flexibility index (Phi) is 3.59. The highest BCUT2D eigenvalue weighted by Gasteiger charge is 2.43. The van der Waals surface area contributed by atoms with Gasteiger partial charge in [-0.25, -0.2) is 0 Å². The van der Waals surface area contributed by atoms with Gasteiger partial charge >= 0.3 is 5.97 Å². The Balaban J connectivity index is 1.90. The van der Waals surface area contributed by atoms with Crippen LogP contribution in [0.3, 0.4) is 0 Å². The predicted molar refractivity (Wildman–Crippen MR) is 84.1 cm³/mol. The lowest BCUT2D eigenvalue weighted by Gasteiger charge is -2.39. The van der Waals surface area contributed by atoms with Crippen LogP contribution >= 0.6 is 0 Å². The highest BCUT2D eigenvalue weighted by molar-refractivity contribution is 5.75. The van der Waals surface area contributed by atoms with Gasteiger partial charge in [-0.3, -0.25) is 4.79 Å². The summed E-state index contributed by atoms with van der Waals surface area (Å²) in [5, 5.41) is 0. The van der Waals surface area contributed by atoms with Crippen LogP contribution in [0.1, 0.15) is 76.5 Å². The highest BCUT2D eigenvalue weighted by Crippen LogP contribution is 2.52. The molecule has 2 heteroatoms. The standard InChI is InChI=1S/C19H26O2/c1-18(2,3)17(20)21-16-10-13-19(11-6-7-12-19)15-9-5-4-8-14(15)16/h4-5,8-9,16H,6-7,10-13H2,1-3H3. The summed E-state index contributed by atoms with van der Waals surface area (Å²) < 4.78 is 5.85. The summed E-state index contributed by atoms with van der Waals surface area (Å²) in [7, 11) is 0. The van der Waals surface area contributed by atoms with Crippen molar-refractivity contribution >= 4 is 5.97 Å². The largest absolute Gasteiger partial charge is 0.457 e. The minimum atomic E-state index is -0.433. The summed E-state index contributed by atoms with van der Waals surface area (Å²) in [5.41, 5.74) is 2.63. The molecule has 1 aromatic rings. The Morgan fingerprint density at radius 2 is 1.81 bits per heavy atom. The van der Waals surface area contributed by atoms with Crippen molar-refractivity contribution in [2.75, 3.05) is 0 Å². The van der Waals surface area contributed by atoms with Crippen LogP contribution in [0.25, 0.3) is 0 Å². The minimum Gasteiger partial charge on any atom is -0.457 e. The van der Waals surface area contributed by atoms with Crippen LogP contribution in [0, 0.1) is 5.41 Å². The number of benzene rings is 1. The molecule has 1 spiro atoms. The maximum Gasteiger partial charge on any atom is 0.311 e. The van der Waals surface area contributed by atoms with Gasteiger partial charge in [0.1, 0.15) is 6.10 Å². The average molecular weight is 286 g/mol. The molecule has 1 atom stereocenters. The third-order valence-corrected chi connectivity index (χ3v) is 5.19. The molecule has 1 saturated carbocycles. The van der Waals surface area contributed by atoms with Gasteiger partial charge in [0.25, 0.3) is 0 Å². The zero-order valence-electron chi connectivity index (χ0n) is 13.4. The summed E-state index contributed by atoms with van der Waals surface area (Å²) in [6, 6.07) is 8.63. The Bertz CT molecular complexity index is 533. The van der Waals surface area contributed by atoms with E-state index in [4.69, 9.17) is 4.74 Å². The van der Waals surface area contributed by atoms with Crippen molar-refractivity contribution in [1.29, 1.82) is 0 Å². The Hall–Kier alpha value is -1.31. The van der Waals surface area contributed by atoms with Gasteiger partial charge in [-0.1, -0.05) is 37.1 Å². The molecule has 1 aromatic carbocycles. The van der Waals surface area contributed by atoms with E-state index < -0.39 is 5.41 Å². The molecule has 0 heterocycles. The molecular weight excluding hydrogens is 260 g/mol. The van der Waals surface area contributed by atoms with Crippen molar-refractivity contribution in [3.8, 4) is 0 Å². The van der Waals surface area contributed by atoms with Gasteiger partial charge in [-0.15, -0.1) is 0 Å². The normalized spacial score (nSPS) is 23.9. The number of rotatable bonds is 1. The number of fused-ring (bicyclic) bond motifs is 2. The van der Waals surface area contributed by atoms with Crippen LogP contribution in [-0.4, -0.2) is 5.97 Å². The van der Waals surface area contributed by atoms with Crippen LogP contribution in [0.2, 0.25) is 0 Å². The van der Waals surface area contributed by atoms with Crippen molar-refractivity contribution in [3.05, 3.63) is 35.4 Å². The summed E-state index contributed by atoms with van der Waals surface area (Å²) in [6.07, 6.45) is 7.33. The zero-order chi connectivity index (χ0) is 15.1. The number of carbonyl (C=O) groups excluding carboxylic acids is 1. The first-order valence-electron chi connectivity index (χ1n) is 8.23. The van der Waals surface area contributed by atoms with Crippen LogP contribution in [0.4, 0.5) is 0 Å². The van der Waals surface area contributed by atoms with E-state index in [0.717, 1.165) is 12.8 Å². The quantitative estimate of drug-likeness (QED) is 0.685. The lowest BCUT2D eigenvalue weighted by Crippen LogP contribution is -2.33. The van der Waals surface area contributed by atoms with Gasteiger partial charge in [0, 0.05) is 0 Å². The van der Waals surface area contributed by atoms with Crippen molar-refractivity contribution in [2.45, 2.75) is 70.8 Å². The van der Waals surface area contributed by atoms with E-state index in [1.807, 2.05) is 20.8 Å². The number of esters is 1. The van der Waals surface area contributed by atoms with Crippen LogP contribution in [0.5, 0.6) is 0 Å². The minimum absolute atomic E-state index is 0.0563. The summed E-state index contributed by atoms with van der Waals surface area (Å²) >= 11 is 0. The molecular formula is C19H26O2. The van der Waals surface area contributed by atoms with Gasteiger partial charge in [-0.2, -0.15) is 0 Å². The summed E-state index contributed by atoms with van der Waals surface area (Å²) in [5.74, 6) is -0.0929. The summed E-state index contributed by atoms with van der Waals surface area (Å²) in [6.45, 7) is 5.76. The fourth-order valence-corrected chi connectivity index (χ4v) is 3.96. The molecule has 1 fully saturated rings. The molecule has 21 heavy (non-hydrogen) atoms. The third-order valence-electron chi connectivity index (χ3n) is 5.19. The zero-order valence-corrected chi connectivity index (χ0v) is 13.4. The number of carbonyl (C=O) groups is 1. The Labute approximate surface area is 127 Å². The molecule has 1 unspecified atom stereocenters. The molecule has 2 aliphatic rings. The lowest BCUT2D eigenvalue weighted by atomic mass is 9.68. The van der Waals surface area contributed by atoms with Gasteiger partial charge in [-0.05, 0) is 63.0 Å². The van der Waals surface area contributed by atoms with E-state index in [0.29, 0.717) is 5.41 Å². The maximum absolute atomic E-state index is 12.2. The molecule has 114 valence electrons. The molecule has 0 amide bonds. The molecule has 0 aliphatic heterocycles. The van der Waals surface area contributed by atoms with E-state index in [2.05, 4.69) is 24.3 Å². The SMILES string of the molecule is CC(C)(C)C(=O)OC1CCC2(CCCC2)c2ccccc21. The molecule has 3 rings (SSSR count). The predicted octanol–water partition coefficient (Wildman–Crippen LogP) is 4.92. The number of hydrogen-bond acceptors (Lipinski definition) is 2. The topological polar surface area (TPSA) is 26.3 Å². The number of ether oxygens (including phenoxy) is 1. The second-order valence-corrected chi connectivity index (χ2v) is 7.76. The van der Waals surface area contributed by atoms with Crippen molar-refractivity contribution in [1.82, 2.24) is 0 Å². The Morgan fingerprint density at radius 3 is 2.48 bits per heavy atom. The first kappa shape index (κ1) is 14.6.